The lowest BCUT2D eigenvalue weighted by atomic mass is 10.0. The minimum Gasteiger partial charge on any atom is -0.508 e. The van der Waals surface area contributed by atoms with Crippen molar-refractivity contribution in [3.63, 3.8) is 0 Å². The second-order valence-electron chi connectivity index (χ2n) is 6.31. The molecule has 0 aliphatic rings. The van der Waals surface area contributed by atoms with Crippen LogP contribution in [-0.2, 0) is 17.5 Å². The van der Waals surface area contributed by atoms with Gasteiger partial charge in [0.25, 0.3) is 5.91 Å². The number of alkyl halides is 3. The number of rotatable bonds is 7. The van der Waals surface area contributed by atoms with E-state index in [9.17, 15) is 27.9 Å². The summed E-state index contributed by atoms with van der Waals surface area (Å²) in [4.78, 5) is 23.6. The largest absolute Gasteiger partial charge is 0.508 e. The number of phenols is 1. The van der Waals surface area contributed by atoms with E-state index in [-0.39, 0.29) is 29.2 Å². The summed E-state index contributed by atoms with van der Waals surface area (Å²) in [7, 11) is 1.15. The van der Waals surface area contributed by atoms with E-state index in [1.807, 2.05) is 0 Å². The Balaban J connectivity index is 2.22. The fraction of sp³-hybridized carbons (Fsp3) is 0.238. The van der Waals surface area contributed by atoms with Crippen molar-refractivity contribution in [3.8, 4) is 11.5 Å². The van der Waals surface area contributed by atoms with Gasteiger partial charge in [0.2, 0.25) is 0 Å². The Labute approximate surface area is 170 Å². The summed E-state index contributed by atoms with van der Waals surface area (Å²) in [6, 6.07) is 6.92. The average molecular weight is 423 g/mol. The SMILES string of the molecule is CC/C(=C\c1ccc(O)c(CNC(=O)c2ccc(C(F)(F)F)cc2OC)c1)C(=O)O. The van der Waals surface area contributed by atoms with Crippen LogP contribution < -0.4 is 10.1 Å². The maximum Gasteiger partial charge on any atom is 0.416 e. The van der Waals surface area contributed by atoms with Crippen LogP contribution in [0.2, 0.25) is 0 Å². The summed E-state index contributed by atoms with van der Waals surface area (Å²) in [5.41, 5.74) is -0.0456. The second kappa shape index (κ2) is 9.34. The lowest BCUT2D eigenvalue weighted by Crippen LogP contribution is -2.23. The molecule has 0 bridgehead atoms. The molecule has 1 amide bonds. The number of benzene rings is 2. The first-order valence-electron chi connectivity index (χ1n) is 8.86. The van der Waals surface area contributed by atoms with Crippen molar-refractivity contribution in [1.29, 1.82) is 0 Å². The number of amides is 1. The van der Waals surface area contributed by atoms with E-state index in [2.05, 4.69) is 5.32 Å². The molecule has 160 valence electrons. The van der Waals surface area contributed by atoms with E-state index < -0.39 is 23.6 Å². The summed E-state index contributed by atoms with van der Waals surface area (Å²) in [6.07, 6.45) is -2.82. The van der Waals surface area contributed by atoms with Crippen LogP contribution in [0.1, 0.15) is 40.4 Å². The molecule has 0 spiro atoms. The number of carbonyl (C=O) groups is 2. The third kappa shape index (κ3) is 5.53. The van der Waals surface area contributed by atoms with Gasteiger partial charge in [-0.05, 0) is 48.4 Å². The van der Waals surface area contributed by atoms with Gasteiger partial charge in [-0.25, -0.2) is 4.79 Å². The molecule has 2 rings (SSSR count). The molecule has 0 aliphatic heterocycles. The number of hydrogen-bond donors (Lipinski definition) is 3. The molecule has 0 atom stereocenters. The van der Waals surface area contributed by atoms with Gasteiger partial charge >= 0.3 is 12.1 Å². The first-order chi connectivity index (χ1) is 14.1. The fourth-order valence-electron chi connectivity index (χ4n) is 2.68. The summed E-state index contributed by atoms with van der Waals surface area (Å²) < 4.78 is 43.4. The van der Waals surface area contributed by atoms with Crippen LogP contribution >= 0.6 is 0 Å². The van der Waals surface area contributed by atoms with E-state index >= 15 is 0 Å². The van der Waals surface area contributed by atoms with Gasteiger partial charge in [-0.15, -0.1) is 0 Å². The van der Waals surface area contributed by atoms with Crippen LogP contribution in [0.3, 0.4) is 0 Å². The van der Waals surface area contributed by atoms with Gasteiger partial charge in [0.15, 0.2) is 0 Å². The van der Waals surface area contributed by atoms with Gasteiger partial charge in [-0.3, -0.25) is 4.79 Å². The van der Waals surface area contributed by atoms with Crippen LogP contribution in [0.25, 0.3) is 6.08 Å². The highest BCUT2D eigenvalue weighted by atomic mass is 19.4. The zero-order chi connectivity index (χ0) is 22.5. The van der Waals surface area contributed by atoms with Crippen LogP contribution in [0, 0.1) is 0 Å². The number of carboxylic acid groups (broad SMARTS) is 1. The molecule has 0 aliphatic carbocycles. The Morgan fingerprint density at radius 1 is 1.17 bits per heavy atom. The average Bonchev–Trinajstić information content (AvgIpc) is 2.70. The molecule has 0 unspecified atom stereocenters. The highest BCUT2D eigenvalue weighted by Crippen LogP contribution is 2.33. The Bertz CT molecular complexity index is 983. The molecule has 0 saturated heterocycles. The third-order valence-electron chi connectivity index (χ3n) is 4.31. The lowest BCUT2D eigenvalue weighted by Gasteiger charge is -2.13. The van der Waals surface area contributed by atoms with E-state index in [4.69, 9.17) is 9.84 Å². The van der Waals surface area contributed by atoms with Crippen LogP contribution in [0.15, 0.2) is 42.0 Å². The predicted octanol–water partition coefficient (Wildman–Crippen LogP) is 4.23. The fourth-order valence-corrected chi connectivity index (χ4v) is 2.68. The molecule has 0 fully saturated rings. The number of aliphatic carboxylic acids is 1. The smallest absolute Gasteiger partial charge is 0.416 e. The van der Waals surface area contributed by atoms with Gasteiger partial charge in [-0.2, -0.15) is 13.2 Å². The van der Waals surface area contributed by atoms with Crippen LogP contribution in [0.4, 0.5) is 13.2 Å². The molecule has 30 heavy (non-hydrogen) atoms. The number of methoxy groups -OCH3 is 1. The maximum atomic E-state index is 12.8. The van der Waals surface area contributed by atoms with Crippen molar-refractivity contribution < 1.29 is 37.7 Å². The predicted molar refractivity (Wildman–Crippen MR) is 103 cm³/mol. The van der Waals surface area contributed by atoms with E-state index in [0.717, 1.165) is 25.3 Å². The van der Waals surface area contributed by atoms with Gasteiger partial charge in [0.05, 0.1) is 18.2 Å². The van der Waals surface area contributed by atoms with Crippen molar-refractivity contribution in [2.75, 3.05) is 7.11 Å². The molecule has 2 aromatic carbocycles. The first-order valence-corrected chi connectivity index (χ1v) is 8.86. The topological polar surface area (TPSA) is 95.9 Å². The molecular formula is C21H20F3NO5. The molecule has 0 aromatic heterocycles. The number of phenolic OH excluding ortho intramolecular Hbond substituents is 1. The molecule has 0 saturated carbocycles. The minimum absolute atomic E-state index is 0.0970. The summed E-state index contributed by atoms with van der Waals surface area (Å²) in [5, 5.41) is 21.6. The van der Waals surface area contributed by atoms with E-state index in [1.54, 1.807) is 6.92 Å². The molecule has 3 N–H and O–H groups in total. The number of carboxylic acids is 1. The highest BCUT2D eigenvalue weighted by Gasteiger charge is 2.31. The summed E-state index contributed by atoms with van der Waals surface area (Å²) in [6.45, 7) is 1.56. The summed E-state index contributed by atoms with van der Waals surface area (Å²) >= 11 is 0. The quantitative estimate of drug-likeness (QED) is 0.580. The number of nitrogens with one attached hydrogen (secondary N) is 1. The van der Waals surface area contributed by atoms with E-state index in [0.29, 0.717) is 17.5 Å². The number of aromatic hydroxyl groups is 1. The monoisotopic (exact) mass is 423 g/mol. The number of hydrogen-bond acceptors (Lipinski definition) is 4. The van der Waals surface area contributed by atoms with Crippen molar-refractivity contribution in [1.82, 2.24) is 5.32 Å². The Kier molecular flexibility index (Phi) is 7.10. The normalized spacial score (nSPS) is 11.8. The molecular weight excluding hydrogens is 403 g/mol. The minimum atomic E-state index is -4.57. The molecule has 9 heteroatoms. The maximum absolute atomic E-state index is 12.8. The zero-order valence-corrected chi connectivity index (χ0v) is 16.2. The van der Waals surface area contributed by atoms with Gasteiger partial charge < -0.3 is 20.3 Å². The zero-order valence-electron chi connectivity index (χ0n) is 16.2. The number of ether oxygens (including phenoxy) is 1. The Morgan fingerprint density at radius 2 is 1.87 bits per heavy atom. The van der Waals surface area contributed by atoms with Crippen molar-refractivity contribution in [2.24, 2.45) is 0 Å². The molecule has 0 radical (unpaired) electrons. The Hall–Kier alpha value is -3.49. The van der Waals surface area contributed by atoms with Crippen molar-refractivity contribution in [2.45, 2.75) is 26.1 Å². The van der Waals surface area contributed by atoms with Gasteiger partial charge in [-0.1, -0.05) is 13.0 Å². The standard InChI is InChI=1S/C21H20F3NO5/c1-3-13(20(28)29)8-12-4-7-17(26)14(9-12)11-25-19(27)16-6-5-15(21(22,23)24)10-18(16)30-2/h4-10,26H,3,11H2,1-2H3,(H,25,27)(H,28,29)/b13-8+. The lowest BCUT2D eigenvalue weighted by molar-refractivity contribution is -0.137. The summed E-state index contributed by atoms with van der Waals surface area (Å²) in [5.74, 6) is -2.12. The highest BCUT2D eigenvalue weighted by molar-refractivity contribution is 5.97. The van der Waals surface area contributed by atoms with Crippen LogP contribution in [-0.4, -0.2) is 29.2 Å². The third-order valence-corrected chi connectivity index (χ3v) is 4.31. The first kappa shape index (κ1) is 22.8. The van der Waals surface area contributed by atoms with Crippen molar-refractivity contribution in [3.05, 3.63) is 64.2 Å². The second-order valence-corrected chi connectivity index (χ2v) is 6.31. The molecule has 2 aromatic rings. The van der Waals surface area contributed by atoms with Gasteiger partial charge in [0, 0.05) is 17.7 Å². The van der Waals surface area contributed by atoms with Crippen LogP contribution in [0.5, 0.6) is 11.5 Å². The van der Waals surface area contributed by atoms with E-state index in [1.165, 1.54) is 24.3 Å². The molecule has 0 heterocycles. The van der Waals surface area contributed by atoms with Gasteiger partial charge in [0.1, 0.15) is 11.5 Å². The number of carbonyl (C=O) groups excluding carboxylic acids is 1. The Morgan fingerprint density at radius 3 is 2.43 bits per heavy atom. The molecule has 6 nitrogen and oxygen atoms in total. The van der Waals surface area contributed by atoms with Crippen molar-refractivity contribution >= 4 is 18.0 Å². The number of halogens is 3.